The van der Waals surface area contributed by atoms with Gasteiger partial charge in [0.05, 0.1) is 18.7 Å². The Bertz CT molecular complexity index is 1280. The predicted molar refractivity (Wildman–Crippen MR) is 121 cm³/mol. The van der Waals surface area contributed by atoms with Gasteiger partial charge in [-0.15, -0.1) is 0 Å². The number of sulfonamides is 1. The normalized spacial score (nSPS) is 15.5. The maximum atomic E-state index is 12.9. The van der Waals surface area contributed by atoms with Gasteiger partial charge in [-0.2, -0.15) is 0 Å². The number of methoxy groups -OCH3 is 1. The van der Waals surface area contributed by atoms with E-state index in [9.17, 15) is 8.42 Å². The zero-order chi connectivity index (χ0) is 22.0. The number of hydrogen-bond donors (Lipinski definition) is 2. The van der Waals surface area contributed by atoms with Gasteiger partial charge in [0.1, 0.15) is 22.1 Å². The number of hydrogen-bond acceptors (Lipinski definition) is 5. The second-order valence-electron chi connectivity index (χ2n) is 6.92. The second kappa shape index (κ2) is 8.49. The van der Waals surface area contributed by atoms with E-state index in [2.05, 4.69) is 15.0 Å². The Morgan fingerprint density at radius 2 is 1.84 bits per heavy atom. The van der Waals surface area contributed by atoms with Crippen molar-refractivity contribution in [3.8, 4) is 17.2 Å². The third-order valence-electron chi connectivity index (χ3n) is 4.58. The third kappa shape index (κ3) is 4.60. The number of rotatable bonds is 5. The molecule has 7 nitrogen and oxygen atoms in total. The fraction of sp³-hybridized carbons (Fsp3) is 0.136. The average Bonchev–Trinajstić information content (AvgIpc) is 2.74. The van der Waals surface area contributed by atoms with Crippen molar-refractivity contribution < 1.29 is 17.9 Å². The number of para-hydroxylation sites is 1. The van der Waals surface area contributed by atoms with Crippen molar-refractivity contribution in [1.82, 2.24) is 4.72 Å². The minimum absolute atomic E-state index is 0.0786. The lowest BCUT2D eigenvalue weighted by molar-refractivity contribution is 0.414. The van der Waals surface area contributed by atoms with Gasteiger partial charge in [0.2, 0.25) is 5.96 Å². The smallest absolute Gasteiger partial charge is 0.266 e. The van der Waals surface area contributed by atoms with E-state index in [0.29, 0.717) is 28.0 Å². The maximum absolute atomic E-state index is 12.9. The first-order valence-electron chi connectivity index (χ1n) is 9.40. The van der Waals surface area contributed by atoms with Crippen LogP contribution < -0.4 is 19.5 Å². The third-order valence-corrected chi connectivity index (χ3v) is 6.26. The molecule has 0 amide bonds. The van der Waals surface area contributed by atoms with Crippen LogP contribution in [0.1, 0.15) is 11.1 Å². The standard InChI is InChI=1S/C22H20ClN3O4S/c1-14-10-19(30-18-9-4-3-8-17(18)23)21-20(11-14)31(27,28)26-22(25-21)24-13-15-6-5-7-16(12-15)29-2/h3-12H,13H2,1-2H3,(H2,24,25,26). The van der Waals surface area contributed by atoms with Gasteiger partial charge < -0.3 is 14.8 Å². The number of ether oxygens (including phenoxy) is 2. The molecule has 3 aromatic rings. The maximum Gasteiger partial charge on any atom is 0.266 e. The number of aryl methyl sites for hydroxylation is 1. The Hall–Kier alpha value is -3.23. The molecule has 160 valence electrons. The van der Waals surface area contributed by atoms with E-state index < -0.39 is 10.0 Å². The van der Waals surface area contributed by atoms with Gasteiger partial charge in [0.15, 0.2) is 5.75 Å². The van der Waals surface area contributed by atoms with E-state index in [1.807, 2.05) is 24.3 Å². The van der Waals surface area contributed by atoms with Crippen molar-refractivity contribution in [3.63, 3.8) is 0 Å². The monoisotopic (exact) mass is 457 g/mol. The average molecular weight is 458 g/mol. The molecule has 0 saturated heterocycles. The van der Waals surface area contributed by atoms with Crippen molar-refractivity contribution in [1.29, 1.82) is 0 Å². The molecule has 0 saturated carbocycles. The summed E-state index contributed by atoms with van der Waals surface area (Å²) < 4.78 is 39.4. The molecule has 0 aliphatic carbocycles. The lowest BCUT2D eigenvalue weighted by atomic mass is 10.2. The van der Waals surface area contributed by atoms with Crippen molar-refractivity contribution in [2.24, 2.45) is 4.99 Å². The summed E-state index contributed by atoms with van der Waals surface area (Å²) in [4.78, 5) is 4.47. The van der Waals surface area contributed by atoms with Crippen LogP contribution in [0.25, 0.3) is 0 Å². The second-order valence-corrected chi connectivity index (χ2v) is 8.97. The molecule has 0 atom stereocenters. The van der Waals surface area contributed by atoms with Crippen molar-refractivity contribution in [2.45, 2.75) is 18.4 Å². The van der Waals surface area contributed by atoms with E-state index in [0.717, 1.165) is 11.1 Å². The van der Waals surface area contributed by atoms with Gasteiger partial charge in [0, 0.05) is 0 Å². The number of anilines is 1. The fourth-order valence-corrected chi connectivity index (χ4v) is 4.54. The summed E-state index contributed by atoms with van der Waals surface area (Å²) in [5.74, 6) is 1.56. The Morgan fingerprint density at radius 1 is 1.03 bits per heavy atom. The first-order valence-corrected chi connectivity index (χ1v) is 11.3. The molecule has 0 aromatic heterocycles. The topological polar surface area (TPSA) is 89.0 Å². The van der Waals surface area contributed by atoms with Crippen molar-refractivity contribution in [2.75, 3.05) is 12.4 Å². The van der Waals surface area contributed by atoms with Crippen molar-refractivity contribution >= 4 is 33.3 Å². The molecule has 1 aliphatic heterocycles. The number of aliphatic imine (C=N–C) groups is 1. The van der Waals surface area contributed by atoms with E-state index in [1.165, 1.54) is 0 Å². The molecular formula is C22H20ClN3O4S. The van der Waals surface area contributed by atoms with Gasteiger partial charge in [-0.05, 0) is 54.4 Å². The minimum atomic E-state index is -3.84. The van der Waals surface area contributed by atoms with Gasteiger partial charge >= 0.3 is 0 Å². The molecule has 31 heavy (non-hydrogen) atoms. The highest BCUT2D eigenvalue weighted by Gasteiger charge is 2.30. The fourth-order valence-electron chi connectivity index (χ4n) is 3.12. The molecule has 3 aromatic carbocycles. The van der Waals surface area contributed by atoms with Crippen LogP contribution in [-0.4, -0.2) is 21.5 Å². The van der Waals surface area contributed by atoms with E-state index in [4.69, 9.17) is 21.1 Å². The summed E-state index contributed by atoms with van der Waals surface area (Å²) in [6.45, 7) is 2.05. The summed E-state index contributed by atoms with van der Waals surface area (Å²) in [5.41, 5.74) is 1.90. The zero-order valence-corrected chi connectivity index (χ0v) is 18.4. The molecule has 2 N–H and O–H groups in total. The molecule has 4 rings (SSSR count). The number of nitrogens with one attached hydrogen (secondary N) is 2. The summed E-state index contributed by atoms with van der Waals surface area (Å²) >= 11 is 6.21. The van der Waals surface area contributed by atoms with Crippen molar-refractivity contribution in [3.05, 3.63) is 76.8 Å². The summed E-state index contributed by atoms with van der Waals surface area (Å²) in [6.07, 6.45) is 0. The molecule has 0 unspecified atom stereocenters. The van der Waals surface area contributed by atoms with E-state index in [-0.39, 0.29) is 17.4 Å². The first kappa shape index (κ1) is 21.0. The number of guanidine groups is 1. The SMILES string of the molecule is COc1cccc(CN=C2Nc3c(Oc4ccccc4Cl)cc(C)cc3S(=O)(=O)N2)c1. The van der Waals surface area contributed by atoms with Crippen LogP contribution in [0.15, 0.2) is 70.6 Å². The molecule has 9 heteroatoms. The number of halogens is 1. The highest BCUT2D eigenvalue weighted by Crippen LogP contribution is 2.39. The summed E-state index contributed by atoms with van der Waals surface area (Å²) in [6, 6.07) is 17.7. The van der Waals surface area contributed by atoms with Crippen LogP contribution in [0.5, 0.6) is 17.2 Å². The molecule has 0 bridgehead atoms. The highest BCUT2D eigenvalue weighted by atomic mass is 35.5. The van der Waals surface area contributed by atoms with Gasteiger partial charge in [-0.1, -0.05) is 35.9 Å². The zero-order valence-electron chi connectivity index (χ0n) is 16.8. The Balaban J connectivity index is 1.70. The largest absolute Gasteiger partial charge is 0.497 e. The van der Waals surface area contributed by atoms with Crippen LogP contribution in [0, 0.1) is 6.92 Å². The quantitative estimate of drug-likeness (QED) is 0.579. The van der Waals surface area contributed by atoms with Crippen LogP contribution in [0.2, 0.25) is 5.02 Å². The van der Waals surface area contributed by atoms with Gasteiger partial charge in [0.25, 0.3) is 10.0 Å². The van der Waals surface area contributed by atoms with Crippen LogP contribution >= 0.6 is 11.6 Å². The number of nitrogens with zero attached hydrogens (tertiary/aromatic N) is 1. The highest BCUT2D eigenvalue weighted by molar-refractivity contribution is 7.90. The predicted octanol–water partition coefficient (Wildman–Crippen LogP) is 4.71. The van der Waals surface area contributed by atoms with Gasteiger partial charge in [-0.25, -0.2) is 18.1 Å². The molecule has 0 fully saturated rings. The first-order chi connectivity index (χ1) is 14.9. The van der Waals surface area contributed by atoms with Gasteiger partial charge in [-0.3, -0.25) is 0 Å². The summed E-state index contributed by atoms with van der Waals surface area (Å²) in [7, 11) is -2.25. The Labute approximate surface area is 185 Å². The minimum Gasteiger partial charge on any atom is -0.497 e. The lowest BCUT2D eigenvalue weighted by Gasteiger charge is -2.24. The van der Waals surface area contributed by atoms with Crippen LogP contribution in [-0.2, 0) is 16.6 Å². The molecular weight excluding hydrogens is 438 g/mol. The van der Waals surface area contributed by atoms with E-state index >= 15 is 0 Å². The number of benzene rings is 3. The van der Waals surface area contributed by atoms with Crippen LogP contribution in [0.3, 0.4) is 0 Å². The molecule has 1 heterocycles. The molecule has 0 radical (unpaired) electrons. The molecule has 0 spiro atoms. The lowest BCUT2D eigenvalue weighted by Crippen LogP contribution is -2.41. The molecule has 1 aliphatic rings. The van der Waals surface area contributed by atoms with Crippen LogP contribution in [0.4, 0.5) is 5.69 Å². The number of fused-ring (bicyclic) bond motifs is 1. The Kier molecular flexibility index (Phi) is 5.75. The Morgan fingerprint density at radius 3 is 2.61 bits per heavy atom. The summed E-state index contributed by atoms with van der Waals surface area (Å²) in [5, 5.41) is 3.47. The van der Waals surface area contributed by atoms with E-state index in [1.54, 1.807) is 50.4 Å².